The standard InChI is InChI=1S/C22H31N7OS2/c1-12-6-8-27(9-7-12)17(30)11-31-22-25-24-21-28(22)20-18(19-23-14(3)26-29(19)21)15-10-13(2)4-5-16(15)32-20/h12-14,19,23,26H,4-11H2,1-3H3/t13-,14?,19?/m0/s1. The quantitative estimate of drug-likeness (QED) is 0.664. The van der Waals surface area contributed by atoms with E-state index in [1.807, 2.05) is 16.2 Å². The number of aryl methyl sites for hydroxylation is 1. The van der Waals surface area contributed by atoms with Gasteiger partial charge in [0.2, 0.25) is 11.9 Å². The number of hydrogen-bond donors (Lipinski definition) is 2. The van der Waals surface area contributed by atoms with E-state index in [1.165, 1.54) is 39.2 Å². The number of fused-ring (bicyclic) bond motifs is 8. The van der Waals surface area contributed by atoms with E-state index in [-0.39, 0.29) is 18.2 Å². The minimum absolute atomic E-state index is 0.0804. The lowest BCUT2D eigenvalue weighted by atomic mass is 9.87. The summed E-state index contributed by atoms with van der Waals surface area (Å²) in [5.74, 6) is 2.87. The number of nitrogens with zero attached hydrogens (tertiary/aromatic N) is 5. The van der Waals surface area contributed by atoms with Gasteiger partial charge in [0.15, 0.2) is 5.16 Å². The molecular formula is C22H31N7OS2. The third kappa shape index (κ3) is 3.38. The van der Waals surface area contributed by atoms with Crippen LogP contribution in [0, 0.1) is 11.8 Å². The molecule has 172 valence electrons. The van der Waals surface area contributed by atoms with Crippen LogP contribution in [-0.2, 0) is 17.6 Å². The van der Waals surface area contributed by atoms with Gasteiger partial charge in [-0.15, -0.1) is 21.5 Å². The van der Waals surface area contributed by atoms with Gasteiger partial charge >= 0.3 is 0 Å². The van der Waals surface area contributed by atoms with Crippen molar-refractivity contribution in [3.63, 3.8) is 0 Å². The zero-order valence-electron chi connectivity index (χ0n) is 18.9. The zero-order valence-corrected chi connectivity index (χ0v) is 20.6. The van der Waals surface area contributed by atoms with Gasteiger partial charge in [0.05, 0.1) is 11.9 Å². The van der Waals surface area contributed by atoms with Gasteiger partial charge < -0.3 is 4.90 Å². The molecule has 0 saturated carbocycles. The first-order valence-corrected chi connectivity index (χ1v) is 13.6. The van der Waals surface area contributed by atoms with Gasteiger partial charge in [-0.1, -0.05) is 25.6 Å². The minimum atomic E-state index is 0.0804. The van der Waals surface area contributed by atoms with Crippen LogP contribution in [0.5, 0.6) is 0 Å². The van der Waals surface area contributed by atoms with Crippen molar-refractivity contribution in [2.45, 2.75) is 70.4 Å². The van der Waals surface area contributed by atoms with E-state index < -0.39 is 0 Å². The van der Waals surface area contributed by atoms with Crippen LogP contribution in [0.15, 0.2) is 5.16 Å². The number of anilines is 1. The lowest BCUT2D eigenvalue weighted by Crippen LogP contribution is -2.40. The molecule has 3 atom stereocenters. The lowest BCUT2D eigenvalue weighted by Gasteiger charge is -2.31. The Balaban J connectivity index is 1.32. The topological polar surface area (TPSA) is 78.3 Å². The fraction of sp³-hybridized carbons (Fsp3) is 0.682. The summed E-state index contributed by atoms with van der Waals surface area (Å²) in [7, 11) is 0. The molecule has 3 aliphatic heterocycles. The van der Waals surface area contributed by atoms with Gasteiger partial charge in [-0.05, 0) is 56.4 Å². The van der Waals surface area contributed by atoms with Gasteiger partial charge in [-0.25, -0.2) is 9.99 Å². The highest BCUT2D eigenvalue weighted by Crippen LogP contribution is 2.48. The van der Waals surface area contributed by atoms with Crippen LogP contribution >= 0.6 is 23.1 Å². The molecule has 2 aromatic heterocycles. The summed E-state index contributed by atoms with van der Waals surface area (Å²) in [5.41, 5.74) is 6.40. The molecule has 1 aliphatic carbocycles. The first-order chi connectivity index (χ1) is 15.5. The Morgan fingerprint density at radius 2 is 1.97 bits per heavy atom. The molecule has 0 aromatic carbocycles. The molecule has 1 amide bonds. The van der Waals surface area contributed by atoms with E-state index in [2.05, 4.69) is 51.3 Å². The SMILES string of the molecule is CC1CCN(C(=O)CSc2nnc3n2-c2sc4c(c2C2NC(C)NN32)C[C@@H](C)CC4)CC1. The fourth-order valence-corrected chi connectivity index (χ4v) is 7.66. The predicted octanol–water partition coefficient (Wildman–Crippen LogP) is 3.08. The molecule has 2 N–H and O–H groups in total. The van der Waals surface area contributed by atoms with Crippen LogP contribution in [0.4, 0.5) is 5.95 Å². The number of aromatic nitrogens is 3. The molecule has 2 unspecified atom stereocenters. The first-order valence-electron chi connectivity index (χ1n) is 11.8. The molecule has 8 nitrogen and oxygen atoms in total. The molecule has 0 spiro atoms. The third-order valence-electron chi connectivity index (χ3n) is 7.30. The fourth-order valence-electron chi connectivity index (χ4n) is 5.40. The van der Waals surface area contributed by atoms with E-state index in [4.69, 9.17) is 0 Å². The molecule has 2 saturated heterocycles. The van der Waals surface area contributed by atoms with E-state index in [1.54, 1.807) is 0 Å². The van der Waals surface area contributed by atoms with Crippen molar-refractivity contribution in [3.05, 3.63) is 16.0 Å². The Hall–Kier alpha value is -1.62. The number of amides is 1. The van der Waals surface area contributed by atoms with Gasteiger partial charge in [0.25, 0.3) is 0 Å². The smallest absolute Gasteiger partial charge is 0.249 e. The van der Waals surface area contributed by atoms with Crippen molar-refractivity contribution in [2.24, 2.45) is 11.8 Å². The maximum absolute atomic E-state index is 12.9. The molecule has 32 heavy (non-hydrogen) atoms. The molecule has 2 aromatic rings. The average molecular weight is 474 g/mol. The highest BCUT2D eigenvalue weighted by Gasteiger charge is 2.44. The summed E-state index contributed by atoms with van der Waals surface area (Å²) in [4.78, 5) is 16.4. The molecule has 10 heteroatoms. The van der Waals surface area contributed by atoms with Crippen LogP contribution < -0.4 is 15.8 Å². The zero-order chi connectivity index (χ0) is 22.0. The van der Waals surface area contributed by atoms with Crippen molar-refractivity contribution in [1.29, 1.82) is 0 Å². The van der Waals surface area contributed by atoms with E-state index in [9.17, 15) is 4.79 Å². The van der Waals surface area contributed by atoms with E-state index >= 15 is 0 Å². The number of likely N-dealkylation sites (tertiary alicyclic amines) is 1. The Kier molecular flexibility index (Phi) is 5.24. The number of hydrazine groups is 1. The van der Waals surface area contributed by atoms with Gasteiger partial charge in [0.1, 0.15) is 11.2 Å². The second-order valence-electron chi connectivity index (χ2n) is 9.83. The van der Waals surface area contributed by atoms with E-state index in [0.717, 1.165) is 55.8 Å². The predicted molar refractivity (Wildman–Crippen MR) is 127 cm³/mol. The van der Waals surface area contributed by atoms with E-state index in [0.29, 0.717) is 11.7 Å². The number of carbonyl (C=O) groups is 1. The summed E-state index contributed by atoms with van der Waals surface area (Å²) < 4.78 is 2.18. The van der Waals surface area contributed by atoms with Gasteiger partial charge in [-0.2, -0.15) is 0 Å². The lowest BCUT2D eigenvalue weighted by molar-refractivity contribution is -0.129. The number of thioether (sulfide) groups is 1. The van der Waals surface area contributed by atoms with Gasteiger partial charge in [-0.3, -0.25) is 15.1 Å². The molecule has 4 aliphatic rings. The van der Waals surface area contributed by atoms with Crippen molar-refractivity contribution < 1.29 is 4.79 Å². The van der Waals surface area contributed by atoms with Crippen LogP contribution in [0.2, 0.25) is 0 Å². The number of carbonyl (C=O) groups excluding carboxylic acids is 1. The molecule has 5 heterocycles. The Bertz CT molecular complexity index is 1040. The number of piperidine rings is 1. The second kappa shape index (κ2) is 8.00. The second-order valence-corrected chi connectivity index (χ2v) is 11.9. The molecule has 0 radical (unpaired) electrons. The Morgan fingerprint density at radius 3 is 2.78 bits per heavy atom. The normalized spacial score (nSPS) is 27.2. The summed E-state index contributed by atoms with van der Waals surface area (Å²) in [6, 6.07) is 0. The average Bonchev–Trinajstić information content (AvgIpc) is 3.46. The number of thiophene rings is 1. The maximum atomic E-state index is 12.9. The van der Waals surface area contributed by atoms with Crippen LogP contribution in [0.3, 0.4) is 0 Å². The molecule has 2 fully saturated rings. The van der Waals surface area contributed by atoms with Crippen molar-refractivity contribution >= 4 is 35.0 Å². The molecule has 6 rings (SSSR count). The van der Waals surface area contributed by atoms with Crippen molar-refractivity contribution in [2.75, 3.05) is 23.9 Å². The first kappa shape index (κ1) is 20.9. The summed E-state index contributed by atoms with van der Waals surface area (Å²) >= 11 is 3.41. The Labute approximate surface area is 197 Å². The van der Waals surface area contributed by atoms with Crippen LogP contribution in [0.25, 0.3) is 5.00 Å². The Morgan fingerprint density at radius 1 is 1.16 bits per heavy atom. The number of nitrogens with one attached hydrogen (secondary N) is 2. The monoisotopic (exact) mass is 473 g/mol. The number of hydrogen-bond acceptors (Lipinski definition) is 8. The van der Waals surface area contributed by atoms with Crippen molar-refractivity contribution in [1.82, 2.24) is 30.4 Å². The maximum Gasteiger partial charge on any atom is 0.249 e. The largest absolute Gasteiger partial charge is 0.342 e. The highest BCUT2D eigenvalue weighted by atomic mass is 32.2. The van der Waals surface area contributed by atoms with Crippen LogP contribution in [0.1, 0.15) is 62.2 Å². The van der Waals surface area contributed by atoms with Gasteiger partial charge in [0, 0.05) is 23.5 Å². The van der Waals surface area contributed by atoms with Crippen LogP contribution in [-0.4, -0.2) is 50.6 Å². The summed E-state index contributed by atoms with van der Waals surface area (Å²) in [6.45, 7) is 8.51. The summed E-state index contributed by atoms with van der Waals surface area (Å²) in [5, 5.41) is 16.9. The third-order valence-corrected chi connectivity index (χ3v) is 9.50. The summed E-state index contributed by atoms with van der Waals surface area (Å²) in [6.07, 6.45) is 5.98. The molecule has 0 bridgehead atoms. The molecular weight excluding hydrogens is 442 g/mol. The highest BCUT2D eigenvalue weighted by molar-refractivity contribution is 7.99. The number of rotatable bonds is 3. The van der Waals surface area contributed by atoms with Crippen molar-refractivity contribution in [3.8, 4) is 5.00 Å². The minimum Gasteiger partial charge on any atom is -0.342 e.